The van der Waals surface area contributed by atoms with E-state index >= 15 is 0 Å². The largest absolute Gasteiger partial charge is 0.497 e. The molecule has 6 nitrogen and oxygen atoms in total. The van der Waals surface area contributed by atoms with Crippen molar-refractivity contribution < 1.29 is 23.7 Å². The summed E-state index contributed by atoms with van der Waals surface area (Å²) in [6.45, 7) is 3.91. The van der Waals surface area contributed by atoms with E-state index < -0.39 is 5.41 Å². The highest BCUT2D eigenvalue weighted by molar-refractivity contribution is 6.06. The van der Waals surface area contributed by atoms with Crippen molar-refractivity contribution in [2.24, 2.45) is 5.41 Å². The zero-order valence-electron chi connectivity index (χ0n) is 16.5. The summed E-state index contributed by atoms with van der Waals surface area (Å²) in [7, 11) is 6.31. The van der Waals surface area contributed by atoms with Gasteiger partial charge in [-0.25, -0.2) is 0 Å². The molecule has 1 aliphatic rings. The first-order valence-electron chi connectivity index (χ1n) is 8.66. The number of benzene rings is 2. The van der Waals surface area contributed by atoms with Gasteiger partial charge in [0.15, 0.2) is 11.5 Å². The summed E-state index contributed by atoms with van der Waals surface area (Å²) in [5.74, 6) is 2.34. The Labute approximate surface area is 159 Å². The Morgan fingerprint density at radius 2 is 1.41 bits per heavy atom. The topological polar surface area (TPSA) is 57.2 Å². The number of hydrogen-bond donors (Lipinski definition) is 0. The maximum absolute atomic E-state index is 12.9. The molecule has 0 bridgehead atoms. The van der Waals surface area contributed by atoms with Gasteiger partial charge >= 0.3 is 0 Å². The maximum atomic E-state index is 12.9. The number of β-lactam (4-membered cyclic amide) rings is 1. The highest BCUT2D eigenvalue weighted by Gasteiger charge is 2.55. The lowest BCUT2D eigenvalue weighted by Gasteiger charge is -2.53. The fraction of sp³-hybridized carbons (Fsp3) is 0.381. The van der Waals surface area contributed by atoms with Gasteiger partial charge in [0.2, 0.25) is 11.7 Å². The lowest BCUT2D eigenvalue weighted by Crippen LogP contribution is -2.61. The Morgan fingerprint density at radius 3 is 1.85 bits per heavy atom. The lowest BCUT2D eigenvalue weighted by molar-refractivity contribution is -0.137. The third kappa shape index (κ3) is 2.95. The number of hydrogen-bond acceptors (Lipinski definition) is 5. The summed E-state index contributed by atoms with van der Waals surface area (Å²) in [5.41, 5.74) is 1.22. The van der Waals surface area contributed by atoms with Gasteiger partial charge in [-0.05, 0) is 31.5 Å². The van der Waals surface area contributed by atoms with E-state index in [1.807, 2.05) is 38.1 Å². The molecule has 27 heavy (non-hydrogen) atoms. The van der Waals surface area contributed by atoms with Crippen molar-refractivity contribution in [1.82, 2.24) is 0 Å². The van der Waals surface area contributed by atoms with Crippen molar-refractivity contribution in [3.05, 3.63) is 42.0 Å². The number of carbonyl (C=O) groups is 1. The second-order valence-electron chi connectivity index (χ2n) is 6.96. The maximum Gasteiger partial charge on any atom is 0.235 e. The Hall–Kier alpha value is -2.89. The molecular formula is C21H25NO5. The van der Waals surface area contributed by atoms with Gasteiger partial charge in [-0.15, -0.1) is 0 Å². The summed E-state index contributed by atoms with van der Waals surface area (Å²) in [6.07, 6.45) is 0. The second kappa shape index (κ2) is 7.02. The monoisotopic (exact) mass is 371 g/mol. The first-order chi connectivity index (χ1) is 12.9. The zero-order valence-corrected chi connectivity index (χ0v) is 16.5. The summed E-state index contributed by atoms with van der Waals surface area (Å²) in [6, 6.07) is 11.3. The molecule has 0 N–H and O–H groups in total. The third-order valence-corrected chi connectivity index (χ3v) is 5.07. The van der Waals surface area contributed by atoms with Crippen LogP contribution in [0.25, 0.3) is 0 Å². The average molecular weight is 371 g/mol. The van der Waals surface area contributed by atoms with E-state index in [4.69, 9.17) is 18.9 Å². The number of anilines is 1. The van der Waals surface area contributed by atoms with Crippen LogP contribution >= 0.6 is 0 Å². The van der Waals surface area contributed by atoms with Crippen LogP contribution < -0.4 is 23.8 Å². The number of methoxy groups -OCH3 is 4. The highest BCUT2D eigenvalue weighted by atomic mass is 16.5. The fourth-order valence-corrected chi connectivity index (χ4v) is 3.63. The van der Waals surface area contributed by atoms with E-state index in [1.54, 1.807) is 45.5 Å². The summed E-state index contributed by atoms with van der Waals surface area (Å²) in [4.78, 5) is 14.7. The molecule has 1 unspecified atom stereocenters. The molecule has 6 heteroatoms. The number of ether oxygens (including phenoxy) is 4. The minimum Gasteiger partial charge on any atom is -0.497 e. The van der Waals surface area contributed by atoms with Crippen LogP contribution in [0, 0.1) is 5.41 Å². The molecular weight excluding hydrogens is 346 g/mol. The van der Waals surface area contributed by atoms with E-state index in [-0.39, 0.29) is 11.9 Å². The lowest BCUT2D eigenvalue weighted by atomic mass is 9.70. The highest BCUT2D eigenvalue weighted by Crippen LogP contribution is 2.54. The van der Waals surface area contributed by atoms with Crippen LogP contribution in [-0.2, 0) is 4.79 Å². The Balaban J connectivity index is 2.07. The summed E-state index contributed by atoms with van der Waals surface area (Å²) >= 11 is 0. The van der Waals surface area contributed by atoms with Crippen LogP contribution in [0.4, 0.5) is 5.69 Å². The molecule has 0 aliphatic carbocycles. The average Bonchev–Trinajstić information content (AvgIpc) is 2.70. The Kier molecular flexibility index (Phi) is 4.91. The van der Waals surface area contributed by atoms with Gasteiger partial charge in [-0.3, -0.25) is 4.79 Å². The molecule has 2 aromatic carbocycles. The van der Waals surface area contributed by atoms with Crippen LogP contribution in [0.5, 0.6) is 23.0 Å². The van der Waals surface area contributed by atoms with Crippen molar-refractivity contribution >= 4 is 11.6 Å². The molecule has 1 heterocycles. The molecule has 1 fully saturated rings. The van der Waals surface area contributed by atoms with E-state index in [1.165, 1.54) is 0 Å². The first-order valence-corrected chi connectivity index (χ1v) is 8.66. The molecule has 0 spiro atoms. The Morgan fingerprint density at radius 1 is 0.852 bits per heavy atom. The number of carbonyl (C=O) groups excluding carboxylic acids is 1. The van der Waals surface area contributed by atoms with E-state index in [0.29, 0.717) is 22.9 Å². The van der Waals surface area contributed by atoms with Crippen molar-refractivity contribution in [3.8, 4) is 23.0 Å². The first kappa shape index (κ1) is 18.9. The van der Waals surface area contributed by atoms with Gasteiger partial charge in [-0.2, -0.15) is 0 Å². The molecule has 1 atom stereocenters. The van der Waals surface area contributed by atoms with E-state index in [9.17, 15) is 4.79 Å². The molecule has 0 radical (unpaired) electrons. The van der Waals surface area contributed by atoms with Crippen LogP contribution in [0.1, 0.15) is 25.5 Å². The molecule has 3 rings (SSSR count). The molecule has 144 valence electrons. The molecule has 2 aromatic rings. The molecule has 0 aromatic heterocycles. The predicted molar refractivity (Wildman–Crippen MR) is 103 cm³/mol. The van der Waals surface area contributed by atoms with Gasteiger partial charge in [-0.1, -0.05) is 12.1 Å². The minimum absolute atomic E-state index is 0.0394. The van der Waals surface area contributed by atoms with Crippen molar-refractivity contribution in [2.75, 3.05) is 33.3 Å². The molecule has 1 amide bonds. The van der Waals surface area contributed by atoms with Crippen LogP contribution in [0.2, 0.25) is 0 Å². The Bertz CT molecular complexity index is 819. The predicted octanol–water partition coefficient (Wildman–Crippen LogP) is 3.84. The normalized spacial score (nSPS) is 17.9. The second-order valence-corrected chi connectivity index (χ2v) is 6.96. The minimum atomic E-state index is -0.519. The SMILES string of the molecule is COc1ccc(C2N(c3cc(OC)c(OC)c(OC)c3)C(=O)C2(C)C)cc1. The quantitative estimate of drug-likeness (QED) is 0.722. The molecule has 1 aliphatic heterocycles. The molecule has 0 saturated carbocycles. The van der Waals surface area contributed by atoms with Gasteiger partial charge < -0.3 is 23.8 Å². The number of rotatable bonds is 6. The van der Waals surface area contributed by atoms with Crippen LogP contribution in [-0.4, -0.2) is 34.3 Å². The van der Waals surface area contributed by atoms with Crippen molar-refractivity contribution in [3.63, 3.8) is 0 Å². The summed E-state index contributed by atoms with van der Waals surface area (Å²) < 4.78 is 21.5. The van der Waals surface area contributed by atoms with Crippen molar-refractivity contribution in [2.45, 2.75) is 19.9 Å². The van der Waals surface area contributed by atoms with Gasteiger partial charge in [0.05, 0.1) is 45.6 Å². The molecule has 1 saturated heterocycles. The van der Waals surface area contributed by atoms with Gasteiger partial charge in [0.25, 0.3) is 0 Å². The zero-order chi connectivity index (χ0) is 19.8. The van der Waals surface area contributed by atoms with Gasteiger partial charge in [0, 0.05) is 12.1 Å². The van der Waals surface area contributed by atoms with E-state index in [2.05, 4.69) is 0 Å². The summed E-state index contributed by atoms with van der Waals surface area (Å²) in [5, 5.41) is 0. The van der Waals surface area contributed by atoms with Crippen LogP contribution in [0.3, 0.4) is 0 Å². The fourth-order valence-electron chi connectivity index (χ4n) is 3.63. The third-order valence-electron chi connectivity index (χ3n) is 5.07. The van der Waals surface area contributed by atoms with Crippen LogP contribution in [0.15, 0.2) is 36.4 Å². The number of nitrogens with zero attached hydrogens (tertiary/aromatic N) is 1. The van der Waals surface area contributed by atoms with Gasteiger partial charge in [0.1, 0.15) is 5.75 Å². The smallest absolute Gasteiger partial charge is 0.235 e. The van der Waals surface area contributed by atoms with Crippen molar-refractivity contribution in [1.29, 1.82) is 0 Å². The van der Waals surface area contributed by atoms with E-state index in [0.717, 1.165) is 11.3 Å². The number of amides is 1. The standard InChI is InChI=1S/C21H25NO5/c1-21(2)19(13-7-9-15(24-3)10-8-13)22(20(21)23)14-11-16(25-4)18(27-6)17(12-14)26-5/h7-12,19H,1-6H3.